The Kier molecular flexibility index (Phi) is 5.93. The van der Waals surface area contributed by atoms with E-state index in [1.165, 1.54) is 45.2 Å². The van der Waals surface area contributed by atoms with E-state index < -0.39 is 0 Å². The second-order valence-electron chi connectivity index (χ2n) is 6.45. The lowest BCUT2D eigenvalue weighted by molar-refractivity contribution is 0.116. The Balaban J connectivity index is 1.76. The zero-order valence-corrected chi connectivity index (χ0v) is 11.7. The first kappa shape index (κ1) is 14.3. The number of hydrogen-bond acceptors (Lipinski definition) is 3. The van der Waals surface area contributed by atoms with Crippen LogP contribution < -0.4 is 5.73 Å². The van der Waals surface area contributed by atoms with Gasteiger partial charge in [-0.05, 0) is 43.9 Å². The molecule has 106 valence electrons. The summed E-state index contributed by atoms with van der Waals surface area (Å²) in [4.78, 5) is 2.60. The summed E-state index contributed by atoms with van der Waals surface area (Å²) in [5, 5.41) is 8.94. The third-order valence-electron chi connectivity index (χ3n) is 4.66. The molecule has 18 heavy (non-hydrogen) atoms. The van der Waals surface area contributed by atoms with Crippen LogP contribution in [-0.2, 0) is 0 Å². The maximum atomic E-state index is 8.94. The fraction of sp³-hybridized carbons (Fsp3) is 1.00. The smallest absolute Gasteiger partial charge is 0.0431 e. The second kappa shape index (κ2) is 7.46. The lowest BCUT2D eigenvalue weighted by Crippen LogP contribution is -2.48. The van der Waals surface area contributed by atoms with Crippen LogP contribution in [0.15, 0.2) is 0 Å². The molecule has 2 atom stereocenters. The van der Waals surface area contributed by atoms with E-state index in [-0.39, 0.29) is 0 Å². The van der Waals surface area contributed by atoms with Crippen LogP contribution in [0.3, 0.4) is 0 Å². The number of nitrogens with zero attached hydrogens (tertiary/aromatic N) is 1. The molecule has 1 heterocycles. The minimum atomic E-state index is 0.328. The predicted molar refractivity (Wildman–Crippen MR) is 75.4 cm³/mol. The average Bonchev–Trinajstić information content (AvgIpc) is 2.37. The molecular weight excluding hydrogens is 224 g/mol. The van der Waals surface area contributed by atoms with E-state index in [0.717, 1.165) is 31.7 Å². The molecule has 0 spiro atoms. The molecular formula is C15H30N2O. The van der Waals surface area contributed by atoms with E-state index >= 15 is 0 Å². The summed E-state index contributed by atoms with van der Waals surface area (Å²) in [6, 6.07) is 0.353. The molecule has 2 fully saturated rings. The number of likely N-dealkylation sites (tertiary alicyclic amines) is 1. The highest BCUT2D eigenvalue weighted by Gasteiger charge is 2.26. The molecule has 0 aromatic carbocycles. The topological polar surface area (TPSA) is 49.5 Å². The van der Waals surface area contributed by atoms with Gasteiger partial charge in [-0.3, -0.25) is 0 Å². The molecule has 2 unspecified atom stereocenters. The Bertz CT molecular complexity index is 229. The highest BCUT2D eigenvalue weighted by atomic mass is 16.2. The van der Waals surface area contributed by atoms with Crippen LogP contribution in [0.5, 0.6) is 0 Å². The van der Waals surface area contributed by atoms with Crippen LogP contribution in [0.4, 0.5) is 0 Å². The zero-order valence-electron chi connectivity index (χ0n) is 11.7. The number of piperidine rings is 1. The number of hydrogen-bond donors (Lipinski definition) is 2. The third-order valence-corrected chi connectivity index (χ3v) is 4.66. The number of aliphatic hydroxyl groups is 1. The summed E-state index contributed by atoms with van der Waals surface area (Å²) in [7, 11) is 0. The molecule has 2 aliphatic rings. The Morgan fingerprint density at radius 1 is 1.06 bits per heavy atom. The van der Waals surface area contributed by atoms with Gasteiger partial charge in [-0.25, -0.2) is 0 Å². The van der Waals surface area contributed by atoms with Gasteiger partial charge in [0, 0.05) is 32.3 Å². The molecule has 1 aliphatic carbocycles. The van der Waals surface area contributed by atoms with Crippen molar-refractivity contribution in [3.8, 4) is 0 Å². The molecule has 0 amide bonds. The molecule has 1 saturated heterocycles. The number of rotatable bonds is 5. The molecule has 2 rings (SSSR count). The Morgan fingerprint density at radius 3 is 2.56 bits per heavy atom. The van der Waals surface area contributed by atoms with Crippen molar-refractivity contribution in [3.63, 3.8) is 0 Å². The summed E-state index contributed by atoms with van der Waals surface area (Å²) >= 11 is 0. The van der Waals surface area contributed by atoms with Crippen LogP contribution in [0.25, 0.3) is 0 Å². The normalized spacial score (nSPS) is 31.7. The van der Waals surface area contributed by atoms with Crippen LogP contribution >= 0.6 is 0 Å². The lowest BCUT2D eigenvalue weighted by atomic mass is 9.86. The van der Waals surface area contributed by atoms with Crippen molar-refractivity contribution in [3.05, 3.63) is 0 Å². The average molecular weight is 254 g/mol. The molecule has 3 nitrogen and oxygen atoms in total. The first-order valence-corrected chi connectivity index (χ1v) is 7.86. The molecule has 0 bridgehead atoms. The molecule has 3 N–H and O–H groups in total. The lowest BCUT2D eigenvalue weighted by Gasteiger charge is -2.38. The van der Waals surface area contributed by atoms with E-state index in [2.05, 4.69) is 4.90 Å². The molecule has 1 saturated carbocycles. The van der Waals surface area contributed by atoms with Gasteiger partial charge in [0.05, 0.1) is 0 Å². The van der Waals surface area contributed by atoms with Gasteiger partial charge in [0.2, 0.25) is 0 Å². The van der Waals surface area contributed by atoms with Gasteiger partial charge in [-0.2, -0.15) is 0 Å². The number of aliphatic hydroxyl groups excluding tert-OH is 1. The summed E-state index contributed by atoms with van der Waals surface area (Å²) in [6.45, 7) is 3.90. The number of nitrogens with two attached hydrogens (primary N) is 1. The summed E-state index contributed by atoms with van der Waals surface area (Å²) in [5.74, 6) is 1.63. The van der Waals surface area contributed by atoms with Crippen LogP contribution in [0.1, 0.15) is 51.4 Å². The van der Waals surface area contributed by atoms with Gasteiger partial charge in [-0.1, -0.05) is 19.3 Å². The van der Waals surface area contributed by atoms with Crippen molar-refractivity contribution in [2.45, 2.75) is 57.4 Å². The fourth-order valence-corrected chi connectivity index (χ4v) is 3.82. The van der Waals surface area contributed by atoms with Crippen molar-refractivity contribution in [2.75, 3.05) is 26.2 Å². The van der Waals surface area contributed by atoms with Gasteiger partial charge in [0.1, 0.15) is 0 Å². The molecule has 0 aromatic rings. The van der Waals surface area contributed by atoms with E-state index in [1.807, 2.05) is 0 Å². The van der Waals surface area contributed by atoms with E-state index in [0.29, 0.717) is 18.6 Å². The third kappa shape index (κ3) is 4.52. The minimum absolute atomic E-state index is 0.328. The van der Waals surface area contributed by atoms with Gasteiger partial charge < -0.3 is 15.7 Å². The minimum Gasteiger partial charge on any atom is -0.396 e. The van der Waals surface area contributed by atoms with Crippen molar-refractivity contribution < 1.29 is 5.11 Å². The fourth-order valence-electron chi connectivity index (χ4n) is 3.82. The van der Waals surface area contributed by atoms with E-state index in [1.54, 1.807) is 0 Å². The van der Waals surface area contributed by atoms with Crippen LogP contribution in [-0.4, -0.2) is 42.3 Å². The van der Waals surface area contributed by atoms with Crippen LogP contribution in [0, 0.1) is 11.8 Å². The maximum absolute atomic E-state index is 8.94. The Labute approximate surface area is 112 Å². The zero-order chi connectivity index (χ0) is 12.8. The van der Waals surface area contributed by atoms with Crippen molar-refractivity contribution >= 4 is 0 Å². The highest BCUT2D eigenvalue weighted by molar-refractivity contribution is 4.83. The Morgan fingerprint density at radius 2 is 1.83 bits per heavy atom. The first-order valence-electron chi connectivity index (χ1n) is 7.86. The van der Waals surface area contributed by atoms with Gasteiger partial charge in [-0.15, -0.1) is 0 Å². The van der Waals surface area contributed by atoms with Crippen molar-refractivity contribution in [1.29, 1.82) is 0 Å². The highest BCUT2D eigenvalue weighted by Crippen LogP contribution is 2.27. The molecule has 0 aromatic heterocycles. The maximum Gasteiger partial charge on any atom is 0.0431 e. The quantitative estimate of drug-likeness (QED) is 0.789. The summed E-state index contributed by atoms with van der Waals surface area (Å²) in [6.07, 6.45) is 10.4. The monoisotopic (exact) mass is 254 g/mol. The van der Waals surface area contributed by atoms with E-state index in [9.17, 15) is 0 Å². The van der Waals surface area contributed by atoms with E-state index in [4.69, 9.17) is 10.8 Å². The second-order valence-corrected chi connectivity index (χ2v) is 6.45. The standard InChI is InChI=1S/C15H30N2O/c16-15-9-14(7-4-8-18)11-17(12-15)10-13-5-2-1-3-6-13/h13-15,18H,1-12,16H2. The summed E-state index contributed by atoms with van der Waals surface area (Å²) < 4.78 is 0. The van der Waals surface area contributed by atoms with Gasteiger partial charge >= 0.3 is 0 Å². The first-order chi connectivity index (χ1) is 8.78. The molecule has 3 heteroatoms. The Hall–Kier alpha value is -0.120. The summed E-state index contributed by atoms with van der Waals surface area (Å²) in [5.41, 5.74) is 6.19. The molecule has 0 radical (unpaired) electrons. The van der Waals surface area contributed by atoms with Crippen molar-refractivity contribution in [2.24, 2.45) is 17.6 Å². The largest absolute Gasteiger partial charge is 0.396 e. The van der Waals surface area contributed by atoms with Crippen molar-refractivity contribution in [1.82, 2.24) is 4.90 Å². The van der Waals surface area contributed by atoms with Gasteiger partial charge in [0.25, 0.3) is 0 Å². The van der Waals surface area contributed by atoms with Crippen LogP contribution in [0.2, 0.25) is 0 Å². The SMILES string of the molecule is NC1CC(CCCO)CN(CC2CCCCC2)C1. The predicted octanol–water partition coefficient (Wildman–Crippen LogP) is 1.99. The van der Waals surface area contributed by atoms with Gasteiger partial charge in [0.15, 0.2) is 0 Å². The molecule has 1 aliphatic heterocycles.